The molecule has 0 aliphatic carbocycles. The van der Waals surface area contributed by atoms with Gasteiger partial charge in [0.25, 0.3) is 0 Å². The van der Waals surface area contributed by atoms with Crippen molar-refractivity contribution in [2.75, 3.05) is 0 Å². The zero-order chi connectivity index (χ0) is 23.1. The average Bonchev–Trinajstić information content (AvgIpc) is 2.43. The second kappa shape index (κ2) is 7.48. The van der Waals surface area contributed by atoms with E-state index in [1.54, 1.807) is 34.6 Å². The van der Waals surface area contributed by atoms with Crippen LogP contribution >= 0.6 is 0 Å². The molecule has 0 saturated carbocycles. The van der Waals surface area contributed by atoms with Crippen molar-refractivity contribution in [1.82, 2.24) is 0 Å². The molecule has 0 saturated heterocycles. The fraction of sp³-hybridized carbons (Fsp3) is 0.833. The molecule has 1 atom stereocenters. The van der Waals surface area contributed by atoms with Gasteiger partial charge in [0, 0.05) is 0 Å². The van der Waals surface area contributed by atoms with E-state index in [1.165, 1.54) is 13.0 Å². The van der Waals surface area contributed by atoms with Gasteiger partial charge in [0.1, 0.15) is 0 Å². The molecule has 0 aromatic rings. The van der Waals surface area contributed by atoms with Gasteiger partial charge in [-0.2, -0.15) is 26.3 Å². The second-order valence-electron chi connectivity index (χ2n) is 8.65. The quantitative estimate of drug-likeness (QED) is 0.264. The first-order valence-corrected chi connectivity index (χ1v) is 8.30. The Hall–Kier alpha value is -1.35. The highest BCUT2D eigenvalue weighted by Crippen LogP contribution is 2.54. The topological polar surface area (TPSA) is 26.3 Å². The zero-order valence-electron chi connectivity index (χ0n) is 17.0. The molecule has 0 heterocycles. The molecular weight excluding hydrogens is 400 g/mol. The van der Waals surface area contributed by atoms with Crippen molar-refractivity contribution in [1.29, 1.82) is 0 Å². The van der Waals surface area contributed by atoms with E-state index in [2.05, 4.69) is 4.74 Å². The first kappa shape index (κ1) is 26.6. The van der Waals surface area contributed by atoms with E-state index in [-0.39, 0.29) is 13.8 Å². The molecule has 10 heteroatoms. The standard InChI is InChI=1S/C18H26F8O2/c1-10(2)9-15(8,13(3,4)5)12(27)28-14(6,7)17(23,24)18(25,26)16(21,22)11(19)20/h9,11H,1-8H3. The molecule has 2 nitrogen and oxygen atoms in total. The Morgan fingerprint density at radius 1 is 0.821 bits per heavy atom. The van der Waals surface area contributed by atoms with Gasteiger partial charge < -0.3 is 4.74 Å². The van der Waals surface area contributed by atoms with Crippen molar-refractivity contribution in [3.63, 3.8) is 0 Å². The Bertz CT molecular complexity index is 614. The normalized spacial score (nSPS) is 16.6. The highest BCUT2D eigenvalue weighted by molar-refractivity contribution is 5.80. The van der Waals surface area contributed by atoms with Crippen LogP contribution in [0.3, 0.4) is 0 Å². The number of rotatable bonds is 7. The second-order valence-corrected chi connectivity index (χ2v) is 8.65. The van der Waals surface area contributed by atoms with Gasteiger partial charge in [-0.15, -0.1) is 0 Å². The minimum atomic E-state index is -6.48. The maximum Gasteiger partial charge on any atom is 0.381 e. The summed E-state index contributed by atoms with van der Waals surface area (Å²) in [5, 5.41) is 0. The largest absolute Gasteiger partial charge is 0.452 e. The number of hydrogen-bond donors (Lipinski definition) is 0. The minimum absolute atomic E-state index is 0.270. The lowest BCUT2D eigenvalue weighted by molar-refractivity contribution is -0.371. The lowest BCUT2D eigenvalue weighted by Crippen LogP contribution is -2.66. The molecule has 0 rings (SSSR count). The van der Waals surface area contributed by atoms with E-state index >= 15 is 0 Å². The predicted molar refractivity (Wildman–Crippen MR) is 88.0 cm³/mol. The van der Waals surface area contributed by atoms with Gasteiger partial charge in [-0.3, -0.25) is 4.79 Å². The van der Waals surface area contributed by atoms with E-state index < -0.39 is 46.6 Å². The number of alkyl halides is 8. The highest BCUT2D eigenvalue weighted by atomic mass is 19.4. The number of carbonyl (C=O) groups excluding carboxylic acids is 1. The lowest BCUT2D eigenvalue weighted by Gasteiger charge is -2.44. The van der Waals surface area contributed by atoms with Gasteiger partial charge in [-0.1, -0.05) is 32.4 Å². The van der Waals surface area contributed by atoms with Crippen LogP contribution in [0.15, 0.2) is 11.6 Å². The van der Waals surface area contributed by atoms with Crippen LogP contribution in [0.2, 0.25) is 0 Å². The van der Waals surface area contributed by atoms with Gasteiger partial charge >= 0.3 is 30.2 Å². The molecule has 0 amide bonds. The van der Waals surface area contributed by atoms with Crippen molar-refractivity contribution in [2.45, 2.75) is 85.2 Å². The van der Waals surface area contributed by atoms with E-state index in [4.69, 9.17) is 0 Å². The van der Waals surface area contributed by atoms with Crippen molar-refractivity contribution < 1.29 is 44.7 Å². The highest BCUT2D eigenvalue weighted by Gasteiger charge is 2.80. The summed E-state index contributed by atoms with van der Waals surface area (Å²) >= 11 is 0. The summed E-state index contributed by atoms with van der Waals surface area (Å²) in [6.07, 6.45) is -3.68. The monoisotopic (exact) mass is 426 g/mol. The van der Waals surface area contributed by atoms with Crippen LogP contribution in [0.5, 0.6) is 0 Å². The first-order chi connectivity index (χ1) is 12.0. The third-order valence-electron chi connectivity index (χ3n) is 4.75. The number of esters is 1. The summed E-state index contributed by atoms with van der Waals surface area (Å²) in [7, 11) is 0. The first-order valence-electron chi connectivity index (χ1n) is 8.30. The Kier molecular flexibility index (Phi) is 7.12. The van der Waals surface area contributed by atoms with Crippen molar-refractivity contribution in [2.24, 2.45) is 10.8 Å². The number of carbonyl (C=O) groups is 1. The molecule has 1 unspecified atom stereocenters. The Balaban J connectivity index is 6.21. The average molecular weight is 426 g/mol. The van der Waals surface area contributed by atoms with Crippen LogP contribution in [0.4, 0.5) is 35.1 Å². The van der Waals surface area contributed by atoms with Crippen LogP contribution < -0.4 is 0 Å². The number of halogens is 8. The van der Waals surface area contributed by atoms with Crippen LogP contribution in [-0.2, 0) is 9.53 Å². The Labute approximate surface area is 159 Å². The van der Waals surface area contributed by atoms with Crippen LogP contribution in [0, 0.1) is 10.8 Å². The number of ether oxygens (including phenoxy) is 1. The smallest absolute Gasteiger partial charge is 0.381 e. The van der Waals surface area contributed by atoms with E-state index in [1.807, 2.05) is 0 Å². The summed E-state index contributed by atoms with van der Waals surface area (Å²) in [6, 6.07) is 0. The third-order valence-corrected chi connectivity index (χ3v) is 4.75. The van der Waals surface area contributed by atoms with E-state index in [9.17, 15) is 39.9 Å². The molecule has 166 valence electrons. The predicted octanol–water partition coefficient (Wildman–Crippen LogP) is 6.50. The summed E-state index contributed by atoms with van der Waals surface area (Å²) in [6.45, 7) is 9.69. The summed E-state index contributed by atoms with van der Waals surface area (Å²) < 4.78 is 112. The van der Waals surface area contributed by atoms with Gasteiger partial charge in [0.15, 0.2) is 5.60 Å². The molecule has 0 aliphatic rings. The Morgan fingerprint density at radius 2 is 1.21 bits per heavy atom. The fourth-order valence-corrected chi connectivity index (χ4v) is 2.29. The molecule has 0 spiro atoms. The van der Waals surface area contributed by atoms with Crippen molar-refractivity contribution in [3.05, 3.63) is 11.6 Å². The Morgan fingerprint density at radius 3 is 1.50 bits per heavy atom. The SMILES string of the molecule is CC(C)=CC(C)(C(=O)OC(C)(C)C(F)(F)C(F)(F)C(F)(F)C(F)F)C(C)(C)C. The van der Waals surface area contributed by atoms with Crippen LogP contribution in [0.1, 0.15) is 55.4 Å². The molecule has 0 bridgehead atoms. The van der Waals surface area contributed by atoms with E-state index in [0.29, 0.717) is 5.57 Å². The molecule has 0 fully saturated rings. The summed E-state index contributed by atoms with van der Waals surface area (Å²) in [5.41, 5.74) is -5.48. The van der Waals surface area contributed by atoms with Crippen LogP contribution in [0.25, 0.3) is 0 Å². The number of hydrogen-bond acceptors (Lipinski definition) is 2. The molecule has 0 radical (unpaired) electrons. The van der Waals surface area contributed by atoms with Crippen LogP contribution in [-0.4, -0.2) is 35.8 Å². The van der Waals surface area contributed by atoms with Crippen molar-refractivity contribution in [3.8, 4) is 0 Å². The fourth-order valence-electron chi connectivity index (χ4n) is 2.29. The lowest BCUT2D eigenvalue weighted by atomic mass is 9.67. The molecule has 0 aromatic carbocycles. The zero-order valence-corrected chi connectivity index (χ0v) is 17.0. The molecule has 0 N–H and O–H groups in total. The molecule has 0 aromatic heterocycles. The van der Waals surface area contributed by atoms with Gasteiger partial charge in [0.05, 0.1) is 5.41 Å². The maximum absolute atomic E-state index is 14.3. The third kappa shape index (κ3) is 4.30. The minimum Gasteiger partial charge on any atom is -0.452 e. The van der Waals surface area contributed by atoms with Gasteiger partial charge in [-0.25, -0.2) is 8.78 Å². The van der Waals surface area contributed by atoms with E-state index in [0.717, 1.165) is 0 Å². The number of allylic oxidation sites excluding steroid dienone is 1. The summed E-state index contributed by atoms with van der Waals surface area (Å²) in [5.74, 6) is -20.0. The molecule has 28 heavy (non-hydrogen) atoms. The van der Waals surface area contributed by atoms with Crippen molar-refractivity contribution >= 4 is 5.97 Å². The summed E-state index contributed by atoms with van der Waals surface area (Å²) in [4.78, 5) is 12.6. The molecular formula is C18H26F8O2. The van der Waals surface area contributed by atoms with Gasteiger partial charge in [-0.05, 0) is 40.0 Å². The maximum atomic E-state index is 14.3. The molecule has 0 aliphatic heterocycles. The van der Waals surface area contributed by atoms with Gasteiger partial charge in [0.2, 0.25) is 0 Å².